The SMILES string of the molecule is C=CCN=C(SCC(=O)c1ccc([N+](=O)[O-])cc1)N1CCCC1. The summed E-state index contributed by atoms with van der Waals surface area (Å²) in [5.41, 5.74) is 0.465. The van der Waals surface area contributed by atoms with E-state index in [-0.39, 0.29) is 17.2 Å². The number of non-ortho nitro benzene ring substituents is 1. The number of Topliss-reactive ketones (excluding diaryl/α,β-unsaturated/α-hetero) is 1. The van der Waals surface area contributed by atoms with Crippen molar-refractivity contribution >= 4 is 28.4 Å². The van der Waals surface area contributed by atoms with Gasteiger partial charge < -0.3 is 4.90 Å². The summed E-state index contributed by atoms with van der Waals surface area (Å²) < 4.78 is 0. The summed E-state index contributed by atoms with van der Waals surface area (Å²) in [4.78, 5) is 29.1. The fourth-order valence-corrected chi connectivity index (χ4v) is 3.23. The van der Waals surface area contributed by atoms with Gasteiger partial charge in [-0.3, -0.25) is 19.9 Å². The second kappa shape index (κ2) is 8.47. The van der Waals surface area contributed by atoms with Crippen LogP contribution in [0, 0.1) is 10.1 Å². The monoisotopic (exact) mass is 333 g/mol. The fraction of sp³-hybridized carbons (Fsp3) is 0.375. The molecule has 0 spiro atoms. The maximum absolute atomic E-state index is 12.2. The lowest BCUT2D eigenvalue weighted by atomic mass is 10.1. The molecule has 0 atom stereocenters. The Balaban J connectivity index is 1.97. The zero-order valence-corrected chi connectivity index (χ0v) is 13.6. The van der Waals surface area contributed by atoms with Crippen molar-refractivity contribution in [3.05, 3.63) is 52.6 Å². The molecule has 1 aliphatic heterocycles. The predicted octanol–water partition coefficient (Wildman–Crippen LogP) is 3.15. The number of nitro benzene ring substituents is 1. The number of nitro groups is 1. The maximum atomic E-state index is 12.2. The standard InChI is InChI=1S/C16H19N3O3S/c1-2-9-17-16(18-10-3-4-11-18)23-12-15(20)13-5-7-14(8-6-13)19(21)22/h2,5-8H,1,3-4,9-12H2. The average molecular weight is 333 g/mol. The summed E-state index contributed by atoms with van der Waals surface area (Å²) in [6, 6.07) is 5.70. The highest BCUT2D eigenvalue weighted by Gasteiger charge is 2.18. The van der Waals surface area contributed by atoms with Crippen LogP contribution in [0.15, 0.2) is 41.9 Å². The number of thioether (sulfide) groups is 1. The summed E-state index contributed by atoms with van der Waals surface area (Å²) in [6.07, 6.45) is 4.02. The van der Waals surface area contributed by atoms with E-state index >= 15 is 0 Å². The number of carbonyl (C=O) groups excluding carboxylic acids is 1. The van der Waals surface area contributed by atoms with Crippen LogP contribution in [0.2, 0.25) is 0 Å². The van der Waals surface area contributed by atoms with Crippen LogP contribution in [0.3, 0.4) is 0 Å². The minimum Gasteiger partial charge on any atom is -0.351 e. The number of hydrogen-bond acceptors (Lipinski definition) is 5. The van der Waals surface area contributed by atoms with Gasteiger partial charge in [0.2, 0.25) is 0 Å². The largest absolute Gasteiger partial charge is 0.351 e. The molecule has 1 aromatic carbocycles. The first-order chi connectivity index (χ1) is 11.1. The van der Waals surface area contributed by atoms with E-state index in [2.05, 4.69) is 16.5 Å². The van der Waals surface area contributed by atoms with E-state index in [9.17, 15) is 14.9 Å². The summed E-state index contributed by atoms with van der Waals surface area (Å²) in [7, 11) is 0. The molecule has 0 bridgehead atoms. The smallest absolute Gasteiger partial charge is 0.269 e. The molecule has 1 aromatic rings. The maximum Gasteiger partial charge on any atom is 0.269 e. The Morgan fingerprint density at radius 1 is 1.35 bits per heavy atom. The van der Waals surface area contributed by atoms with E-state index in [4.69, 9.17) is 0 Å². The Kier molecular flexibility index (Phi) is 6.34. The lowest BCUT2D eigenvalue weighted by molar-refractivity contribution is -0.384. The molecule has 0 unspecified atom stereocenters. The van der Waals surface area contributed by atoms with Crippen LogP contribution >= 0.6 is 11.8 Å². The molecule has 1 fully saturated rings. The molecule has 0 aromatic heterocycles. The summed E-state index contributed by atoms with van der Waals surface area (Å²) in [5.74, 6) is 0.208. The zero-order valence-electron chi connectivity index (χ0n) is 12.8. The van der Waals surface area contributed by atoms with Gasteiger partial charge in [-0.2, -0.15) is 0 Å². The minimum atomic E-state index is -0.476. The van der Waals surface area contributed by atoms with E-state index < -0.39 is 4.92 Å². The van der Waals surface area contributed by atoms with E-state index in [1.807, 2.05) is 0 Å². The van der Waals surface area contributed by atoms with Gasteiger partial charge in [0.15, 0.2) is 11.0 Å². The first-order valence-corrected chi connectivity index (χ1v) is 8.41. The van der Waals surface area contributed by atoms with Crippen LogP contribution in [0.1, 0.15) is 23.2 Å². The van der Waals surface area contributed by atoms with Gasteiger partial charge in [0.25, 0.3) is 5.69 Å². The fourth-order valence-electron chi connectivity index (χ4n) is 2.27. The number of hydrogen-bond donors (Lipinski definition) is 0. The third-order valence-corrected chi connectivity index (χ3v) is 4.52. The summed E-state index contributed by atoms with van der Waals surface area (Å²) in [5, 5.41) is 11.5. The Bertz CT molecular complexity index is 608. The lowest BCUT2D eigenvalue weighted by Crippen LogP contribution is -2.26. The van der Waals surface area contributed by atoms with Gasteiger partial charge >= 0.3 is 0 Å². The first-order valence-electron chi connectivity index (χ1n) is 7.42. The Hall–Kier alpha value is -2.15. The molecular formula is C16H19N3O3S. The second-order valence-electron chi connectivity index (χ2n) is 5.12. The normalized spacial score (nSPS) is 14.8. The zero-order chi connectivity index (χ0) is 16.7. The molecule has 0 radical (unpaired) electrons. The number of ketones is 1. The molecule has 23 heavy (non-hydrogen) atoms. The number of benzene rings is 1. The minimum absolute atomic E-state index is 0.0143. The van der Waals surface area contributed by atoms with Gasteiger partial charge in [-0.25, -0.2) is 0 Å². The topological polar surface area (TPSA) is 75.8 Å². The van der Waals surface area contributed by atoms with Crippen molar-refractivity contribution in [3.63, 3.8) is 0 Å². The number of amidine groups is 1. The number of nitrogens with zero attached hydrogens (tertiary/aromatic N) is 3. The molecule has 122 valence electrons. The first kappa shape index (κ1) is 17.2. The highest BCUT2D eigenvalue weighted by molar-refractivity contribution is 8.14. The van der Waals surface area contributed by atoms with Gasteiger partial charge in [0, 0.05) is 30.8 Å². The van der Waals surface area contributed by atoms with Gasteiger partial charge in [0.1, 0.15) is 0 Å². The molecule has 0 N–H and O–H groups in total. The van der Waals surface area contributed by atoms with E-state index in [1.165, 1.54) is 36.0 Å². The molecule has 6 nitrogen and oxygen atoms in total. The molecule has 1 saturated heterocycles. The van der Waals surface area contributed by atoms with Crippen molar-refractivity contribution in [2.45, 2.75) is 12.8 Å². The van der Waals surface area contributed by atoms with Crippen molar-refractivity contribution in [1.29, 1.82) is 0 Å². The van der Waals surface area contributed by atoms with Gasteiger partial charge in [-0.15, -0.1) is 6.58 Å². The Morgan fingerprint density at radius 2 is 2.00 bits per heavy atom. The third-order valence-electron chi connectivity index (χ3n) is 3.46. The van der Waals surface area contributed by atoms with E-state index in [1.54, 1.807) is 6.08 Å². The number of carbonyl (C=O) groups is 1. The van der Waals surface area contributed by atoms with Gasteiger partial charge in [-0.05, 0) is 25.0 Å². The quantitative estimate of drug-likeness (QED) is 0.200. The highest BCUT2D eigenvalue weighted by Crippen LogP contribution is 2.19. The Morgan fingerprint density at radius 3 is 2.57 bits per heavy atom. The number of aliphatic imine (C=N–C) groups is 1. The molecular weight excluding hydrogens is 314 g/mol. The summed E-state index contributed by atoms with van der Waals surface area (Å²) >= 11 is 1.42. The lowest BCUT2D eigenvalue weighted by Gasteiger charge is -2.19. The van der Waals surface area contributed by atoms with Crippen molar-refractivity contribution < 1.29 is 9.72 Å². The third kappa shape index (κ3) is 4.92. The van der Waals surface area contributed by atoms with Crippen LogP contribution in [-0.4, -0.2) is 46.2 Å². The molecule has 1 heterocycles. The van der Waals surface area contributed by atoms with Gasteiger partial charge in [-0.1, -0.05) is 17.8 Å². The highest BCUT2D eigenvalue weighted by atomic mass is 32.2. The molecule has 0 aliphatic carbocycles. The van der Waals surface area contributed by atoms with E-state index in [0.717, 1.165) is 31.1 Å². The second-order valence-corrected chi connectivity index (χ2v) is 6.06. The van der Waals surface area contributed by atoms with Crippen LogP contribution < -0.4 is 0 Å². The van der Waals surface area contributed by atoms with E-state index in [0.29, 0.717) is 12.1 Å². The molecule has 2 rings (SSSR count). The molecule has 7 heteroatoms. The number of rotatable bonds is 6. The summed E-state index contributed by atoms with van der Waals surface area (Å²) in [6.45, 7) is 6.13. The van der Waals surface area contributed by atoms with Gasteiger partial charge in [0.05, 0.1) is 17.2 Å². The average Bonchev–Trinajstić information content (AvgIpc) is 3.09. The van der Waals surface area contributed by atoms with Crippen molar-refractivity contribution in [1.82, 2.24) is 4.90 Å². The number of likely N-dealkylation sites (tertiary alicyclic amines) is 1. The van der Waals surface area contributed by atoms with Crippen LogP contribution in [0.25, 0.3) is 0 Å². The van der Waals surface area contributed by atoms with Crippen molar-refractivity contribution in [2.24, 2.45) is 4.99 Å². The van der Waals surface area contributed by atoms with Crippen molar-refractivity contribution in [3.8, 4) is 0 Å². The molecule has 1 aliphatic rings. The Labute approximate surface area is 139 Å². The van der Waals surface area contributed by atoms with Crippen LogP contribution in [-0.2, 0) is 0 Å². The molecule has 0 amide bonds. The van der Waals surface area contributed by atoms with Crippen LogP contribution in [0.4, 0.5) is 5.69 Å². The van der Waals surface area contributed by atoms with Crippen molar-refractivity contribution in [2.75, 3.05) is 25.4 Å². The predicted molar refractivity (Wildman–Crippen MR) is 93.2 cm³/mol. The molecule has 0 saturated carbocycles. The van der Waals surface area contributed by atoms with Crippen LogP contribution in [0.5, 0.6) is 0 Å².